The van der Waals surface area contributed by atoms with Gasteiger partial charge in [-0.25, -0.2) is 9.97 Å². The van der Waals surface area contributed by atoms with Gasteiger partial charge in [0.1, 0.15) is 17.3 Å². The number of rotatable bonds is 7. The molecule has 0 saturated carbocycles. The van der Waals surface area contributed by atoms with Gasteiger partial charge in [0.2, 0.25) is 0 Å². The highest BCUT2D eigenvalue weighted by Crippen LogP contribution is 2.24. The molecule has 0 aliphatic heterocycles. The highest BCUT2D eigenvalue weighted by Gasteiger charge is 2.11. The van der Waals surface area contributed by atoms with Gasteiger partial charge in [-0.1, -0.05) is 18.2 Å². The molecule has 0 radical (unpaired) electrons. The Labute approximate surface area is 151 Å². The molecule has 0 bridgehead atoms. The van der Waals surface area contributed by atoms with Gasteiger partial charge in [-0.15, -0.1) is 0 Å². The van der Waals surface area contributed by atoms with Crippen molar-refractivity contribution in [3.05, 3.63) is 72.4 Å². The minimum Gasteiger partial charge on any atom is -0.492 e. The van der Waals surface area contributed by atoms with Gasteiger partial charge in [0.05, 0.1) is 24.7 Å². The largest absolute Gasteiger partial charge is 0.492 e. The van der Waals surface area contributed by atoms with Crippen LogP contribution in [-0.4, -0.2) is 27.5 Å². The van der Waals surface area contributed by atoms with Crippen molar-refractivity contribution in [3.63, 3.8) is 0 Å². The number of amides is 1. The lowest BCUT2D eigenvalue weighted by Gasteiger charge is -2.11. The molecule has 0 aliphatic rings. The molecule has 1 amide bonds. The number of pyridine rings is 1. The molecule has 0 spiro atoms. The summed E-state index contributed by atoms with van der Waals surface area (Å²) < 4.78 is 5.50. The van der Waals surface area contributed by atoms with Gasteiger partial charge in [-0.05, 0) is 30.7 Å². The standard InChI is InChI=1S/C19H19N5O2/c1-2-26-17-8-4-3-7-15(17)24-19(25)16-12-23-18(13-21-16)22-11-14-6-5-9-20-10-14/h3-10,12-13H,2,11H2,1H3,(H,22,23)(H,24,25). The molecule has 0 unspecified atom stereocenters. The van der Waals surface area contributed by atoms with E-state index in [2.05, 4.69) is 25.6 Å². The summed E-state index contributed by atoms with van der Waals surface area (Å²) in [6, 6.07) is 11.1. The SMILES string of the molecule is CCOc1ccccc1NC(=O)c1cnc(NCc2cccnc2)cn1. The van der Waals surface area contributed by atoms with Crippen molar-refractivity contribution < 1.29 is 9.53 Å². The maximum absolute atomic E-state index is 12.4. The van der Waals surface area contributed by atoms with E-state index in [0.29, 0.717) is 30.4 Å². The van der Waals surface area contributed by atoms with Crippen LogP contribution >= 0.6 is 0 Å². The summed E-state index contributed by atoms with van der Waals surface area (Å²) in [5.74, 6) is 0.856. The monoisotopic (exact) mass is 349 g/mol. The molecule has 2 aromatic heterocycles. The van der Waals surface area contributed by atoms with Gasteiger partial charge in [0, 0.05) is 18.9 Å². The number of aromatic nitrogens is 3. The number of hydrogen-bond donors (Lipinski definition) is 2. The van der Waals surface area contributed by atoms with Crippen molar-refractivity contribution in [3.8, 4) is 5.75 Å². The fourth-order valence-electron chi connectivity index (χ4n) is 2.27. The van der Waals surface area contributed by atoms with E-state index in [-0.39, 0.29) is 11.6 Å². The molecule has 0 aliphatic carbocycles. The van der Waals surface area contributed by atoms with Crippen LogP contribution in [0.5, 0.6) is 5.75 Å². The van der Waals surface area contributed by atoms with Gasteiger partial charge in [0.25, 0.3) is 5.91 Å². The van der Waals surface area contributed by atoms with Crippen molar-refractivity contribution in [2.24, 2.45) is 0 Å². The number of nitrogens with zero attached hydrogens (tertiary/aromatic N) is 3. The number of carbonyl (C=O) groups excluding carboxylic acids is 1. The van der Waals surface area contributed by atoms with E-state index in [1.807, 2.05) is 31.2 Å². The van der Waals surface area contributed by atoms with Crippen LogP contribution in [-0.2, 0) is 6.54 Å². The molecule has 0 saturated heterocycles. The smallest absolute Gasteiger partial charge is 0.275 e. The lowest BCUT2D eigenvalue weighted by Crippen LogP contribution is -2.15. The minimum absolute atomic E-state index is 0.225. The Morgan fingerprint density at radius 2 is 1.96 bits per heavy atom. The summed E-state index contributed by atoms with van der Waals surface area (Å²) in [7, 11) is 0. The van der Waals surface area contributed by atoms with Crippen molar-refractivity contribution in [2.45, 2.75) is 13.5 Å². The normalized spacial score (nSPS) is 10.2. The number of benzene rings is 1. The number of hydrogen-bond acceptors (Lipinski definition) is 6. The van der Waals surface area contributed by atoms with Crippen LogP contribution in [0.1, 0.15) is 23.0 Å². The molecule has 7 nitrogen and oxygen atoms in total. The number of ether oxygens (including phenoxy) is 1. The molecule has 0 fully saturated rings. The Balaban J connectivity index is 1.62. The molecule has 132 valence electrons. The number of para-hydroxylation sites is 2. The fraction of sp³-hybridized carbons (Fsp3) is 0.158. The first-order valence-corrected chi connectivity index (χ1v) is 8.24. The Morgan fingerprint density at radius 1 is 1.08 bits per heavy atom. The Hall–Kier alpha value is -3.48. The minimum atomic E-state index is -0.344. The summed E-state index contributed by atoms with van der Waals surface area (Å²) in [4.78, 5) is 24.8. The Kier molecular flexibility index (Phi) is 5.72. The Bertz CT molecular complexity index is 853. The lowest BCUT2D eigenvalue weighted by molar-refractivity contribution is 0.102. The molecule has 1 aromatic carbocycles. The molecule has 26 heavy (non-hydrogen) atoms. The highest BCUT2D eigenvalue weighted by atomic mass is 16.5. The summed E-state index contributed by atoms with van der Waals surface area (Å²) in [6.45, 7) is 2.99. The molecule has 2 heterocycles. The van der Waals surface area contributed by atoms with Crippen LogP contribution in [0.3, 0.4) is 0 Å². The zero-order valence-electron chi connectivity index (χ0n) is 14.3. The topological polar surface area (TPSA) is 89.0 Å². The van der Waals surface area contributed by atoms with Gasteiger partial charge < -0.3 is 15.4 Å². The molecule has 0 atom stereocenters. The molecular formula is C19H19N5O2. The van der Waals surface area contributed by atoms with E-state index in [1.165, 1.54) is 12.4 Å². The average molecular weight is 349 g/mol. The zero-order valence-corrected chi connectivity index (χ0v) is 14.3. The van der Waals surface area contributed by atoms with E-state index >= 15 is 0 Å². The second-order valence-electron chi connectivity index (χ2n) is 5.39. The van der Waals surface area contributed by atoms with Gasteiger partial charge in [-0.3, -0.25) is 9.78 Å². The van der Waals surface area contributed by atoms with Crippen molar-refractivity contribution in [1.29, 1.82) is 0 Å². The Morgan fingerprint density at radius 3 is 2.69 bits per heavy atom. The first-order valence-electron chi connectivity index (χ1n) is 8.24. The lowest BCUT2D eigenvalue weighted by atomic mass is 10.3. The molecule has 3 aromatic rings. The van der Waals surface area contributed by atoms with Crippen molar-refractivity contribution in [1.82, 2.24) is 15.0 Å². The summed E-state index contributed by atoms with van der Waals surface area (Å²) >= 11 is 0. The molecular weight excluding hydrogens is 330 g/mol. The second-order valence-corrected chi connectivity index (χ2v) is 5.39. The fourth-order valence-corrected chi connectivity index (χ4v) is 2.27. The van der Waals surface area contributed by atoms with Crippen molar-refractivity contribution >= 4 is 17.4 Å². The number of nitrogens with one attached hydrogen (secondary N) is 2. The van der Waals surface area contributed by atoms with E-state index in [1.54, 1.807) is 24.5 Å². The number of carbonyl (C=O) groups is 1. The van der Waals surface area contributed by atoms with Gasteiger partial charge in [0.15, 0.2) is 0 Å². The summed E-state index contributed by atoms with van der Waals surface area (Å²) in [6.07, 6.45) is 6.46. The van der Waals surface area contributed by atoms with Crippen molar-refractivity contribution in [2.75, 3.05) is 17.2 Å². The van der Waals surface area contributed by atoms with Gasteiger partial charge >= 0.3 is 0 Å². The second kappa shape index (κ2) is 8.57. The van der Waals surface area contributed by atoms with Crippen LogP contribution in [0.15, 0.2) is 61.2 Å². The zero-order chi connectivity index (χ0) is 18.2. The van der Waals surface area contributed by atoms with Gasteiger partial charge in [-0.2, -0.15) is 0 Å². The van der Waals surface area contributed by atoms with Crippen LogP contribution in [0.25, 0.3) is 0 Å². The van der Waals surface area contributed by atoms with Crippen LogP contribution in [0.4, 0.5) is 11.5 Å². The summed E-state index contributed by atoms with van der Waals surface area (Å²) in [5, 5.41) is 5.93. The molecule has 3 rings (SSSR count). The van der Waals surface area contributed by atoms with Crippen LogP contribution in [0.2, 0.25) is 0 Å². The molecule has 7 heteroatoms. The van der Waals surface area contributed by atoms with Crippen LogP contribution < -0.4 is 15.4 Å². The highest BCUT2D eigenvalue weighted by molar-refractivity contribution is 6.03. The van der Waals surface area contributed by atoms with Crippen LogP contribution in [0, 0.1) is 0 Å². The quantitative estimate of drug-likeness (QED) is 0.681. The summed E-state index contributed by atoms with van der Waals surface area (Å²) in [5.41, 5.74) is 1.85. The maximum Gasteiger partial charge on any atom is 0.275 e. The number of anilines is 2. The third kappa shape index (κ3) is 4.54. The predicted octanol–water partition coefficient (Wildman–Crippen LogP) is 3.13. The third-order valence-electron chi connectivity index (χ3n) is 3.52. The van der Waals surface area contributed by atoms with E-state index < -0.39 is 0 Å². The molecule has 2 N–H and O–H groups in total. The first-order chi connectivity index (χ1) is 12.8. The average Bonchev–Trinajstić information content (AvgIpc) is 2.69. The van der Waals surface area contributed by atoms with E-state index in [9.17, 15) is 4.79 Å². The van der Waals surface area contributed by atoms with E-state index in [4.69, 9.17) is 4.74 Å². The third-order valence-corrected chi connectivity index (χ3v) is 3.52. The predicted molar refractivity (Wildman–Crippen MR) is 99.2 cm³/mol. The first kappa shape index (κ1) is 17.3. The van der Waals surface area contributed by atoms with E-state index in [0.717, 1.165) is 5.56 Å². The maximum atomic E-state index is 12.4.